The van der Waals surface area contributed by atoms with Gasteiger partial charge in [-0.3, -0.25) is 14.2 Å². The maximum atomic E-state index is 12.8. The molecule has 3 aromatic heterocycles. The van der Waals surface area contributed by atoms with Gasteiger partial charge in [-0.05, 0) is 40.8 Å². The highest BCUT2D eigenvalue weighted by atomic mass is 35.5. The molecule has 0 bridgehead atoms. The Kier molecular flexibility index (Phi) is 5.93. The normalized spacial score (nSPS) is 12.3. The maximum Gasteiger partial charge on any atom is 0.262 e. The molecule has 0 saturated heterocycles. The molecular weight excluding hydrogens is 479 g/mol. The number of nitrogens with zero attached hydrogens (tertiary/aromatic N) is 2. The summed E-state index contributed by atoms with van der Waals surface area (Å²) in [5.41, 5.74) is 2.62. The predicted molar refractivity (Wildman–Crippen MR) is 133 cm³/mol. The second kappa shape index (κ2) is 9.02. The average molecular weight is 497 g/mol. The fourth-order valence-corrected chi connectivity index (χ4v) is 5.25. The molecule has 0 fully saturated rings. The molecule has 6 nitrogen and oxygen atoms in total. The summed E-state index contributed by atoms with van der Waals surface area (Å²) in [4.78, 5) is 33.6. The van der Waals surface area contributed by atoms with E-state index in [-0.39, 0.29) is 23.9 Å². The Balaban J connectivity index is 1.43. The van der Waals surface area contributed by atoms with Gasteiger partial charge in [0, 0.05) is 39.6 Å². The van der Waals surface area contributed by atoms with Crippen molar-refractivity contribution < 1.29 is 4.79 Å². The second-order valence-electron chi connectivity index (χ2n) is 7.63. The van der Waals surface area contributed by atoms with Gasteiger partial charge in [0.25, 0.3) is 5.56 Å². The smallest absolute Gasteiger partial charge is 0.262 e. The monoisotopic (exact) mass is 496 g/mol. The summed E-state index contributed by atoms with van der Waals surface area (Å²) < 4.78 is 1.32. The van der Waals surface area contributed by atoms with E-state index in [2.05, 4.69) is 15.3 Å². The van der Waals surface area contributed by atoms with Gasteiger partial charge in [-0.25, -0.2) is 4.98 Å². The number of halogens is 2. The topological polar surface area (TPSA) is 79.8 Å². The Morgan fingerprint density at radius 2 is 1.97 bits per heavy atom. The lowest BCUT2D eigenvalue weighted by molar-refractivity contribution is -0.121. The molecule has 9 heteroatoms. The minimum absolute atomic E-state index is 0.118. The molecule has 0 spiro atoms. The standard InChI is InChI=1S/C24H18Cl2N4O2S/c25-14-5-6-15(20(26)9-14)18(19-10-27-21-4-2-1-3-16(19)21)11-28-22(31)12-30-13-29-23-17(24(30)32)7-8-33-23/h1-10,13,18,27H,11-12H2,(H,28,31). The van der Waals surface area contributed by atoms with Crippen LogP contribution >= 0.6 is 34.5 Å². The van der Waals surface area contributed by atoms with Gasteiger partial charge >= 0.3 is 0 Å². The summed E-state index contributed by atoms with van der Waals surface area (Å²) in [7, 11) is 0. The van der Waals surface area contributed by atoms with E-state index < -0.39 is 0 Å². The lowest BCUT2D eigenvalue weighted by Gasteiger charge is -2.20. The second-order valence-corrected chi connectivity index (χ2v) is 9.37. The largest absolute Gasteiger partial charge is 0.361 e. The summed E-state index contributed by atoms with van der Waals surface area (Å²) in [6.45, 7) is 0.178. The molecule has 5 aromatic rings. The number of nitrogens with one attached hydrogen (secondary N) is 2. The van der Waals surface area contributed by atoms with Crippen molar-refractivity contribution in [2.24, 2.45) is 0 Å². The van der Waals surface area contributed by atoms with Crippen molar-refractivity contribution in [3.8, 4) is 0 Å². The van der Waals surface area contributed by atoms with E-state index >= 15 is 0 Å². The fourth-order valence-electron chi connectivity index (χ4n) is 3.99. The van der Waals surface area contributed by atoms with Gasteiger partial charge in [0.05, 0.1) is 11.7 Å². The van der Waals surface area contributed by atoms with Crippen LogP contribution in [0.2, 0.25) is 10.0 Å². The van der Waals surface area contributed by atoms with Crippen molar-refractivity contribution in [3.05, 3.63) is 98.0 Å². The molecule has 1 unspecified atom stereocenters. The number of hydrogen-bond acceptors (Lipinski definition) is 4. The van der Waals surface area contributed by atoms with E-state index in [4.69, 9.17) is 23.2 Å². The van der Waals surface area contributed by atoms with Crippen molar-refractivity contribution in [2.45, 2.75) is 12.5 Å². The molecule has 0 aliphatic rings. The first-order valence-corrected chi connectivity index (χ1v) is 11.8. The molecule has 166 valence electrons. The van der Waals surface area contributed by atoms with Crippen LogP contribution in [-0.4, -0.2) is 27.0 Å². The third-order valence-corrected chi connectivity index (χ3v) is 6.99. The number of benzene rings is 2. The van der Waals surface area contributed by atoms with E-state index in [1.54, 1.807) is 18.2 Å². The Hall–Kier alpha value is -3.13. The zero-order valence-electron chi connectivity index (χ0n) is 17.2. The first-order chi connectivity index (χ1) is 16.0. The number of H-pyrrole nitrogens is 1. The lowest BCUT2D eigenvalue weighted by atomic mass is 9.90. The van der Waals surface area contributed by atoms with Gasteiger partial charge < -0.3 is 10.3 Å². The third kappa shape index (κ3) is 4.27. The van der Waals surface area contributed by atoms with Gasteiger partial charge in [0.2, 0.25) is 5.91 Å². The zero-order chi connectivity index (χ0) is 22.9. The lowest BCUT2D eigenvalue weighted by Crippen LogP contribution is -2.34. The van der Waals surface area contributed by atoms with Gasteiger partial charge in [-0.15, -0.1) is 11.3 Å². The van der Waals surface area contributed by atoms with Crippen LogP contribution in [0.3, 0.4) is 0 Å². The van der Waals surface area contributed by atoms with Crippen LogP contribution in [0, 0.1) is 0 Å². The maximum absolute atomic E-state index is 12.8. The summed E-state index contributed by atoms with van der Waals surface area (Å²) in [5, 5.41) is 7.40. The SMILES string of the molecule is O=C(Cn1cnc2sccc2c1=O)NCC(c1ccc(Cl)cc1Cl)c1c[nH]c2ccccc12. The number of rotatable bonds is 6. The van der Waals surface area contributed by atoms with Crippen LogP contribution in [0.15, 0.2) is 71.2 Å². The van der Waals surface area contributed by atoms with Gasteiger partial charge in [-0.2, -0.15) is 0 Å². The highest BCUT2D eigenvalue weighted by Gasteiger charge is 2.22. The average Bonchev–Trinajstić information content (AvgIpc) is 3.45. The quantitative estimate of drug-likeness (QED) is 0.339. The number of para-hydroxylation sites is 1. The van der Waals surface area contributed by atoms with Gasteiger partial charge in [0.1, 0.15) is 11.4 Å². The molecule has 3 heterocycles. The minimum atomic E-state index is -0.289. The number of fused-ring (bicyclic) bond motifs is 2. The Bertz CT molecular complexity index is 1540. The highest BCUT2D eigenvalue weighted by Crippen LogP contribution is 2.35. The van der Waals surface area contributed by atoms with Crippen LogP contribution in [0.1, 0.15) is 17.0 Å². The number of carbonyl (C=O) groups excluding carboxylic acids is 1. The van der Waals surface area contributed by atoms with E-state index in [1.807, 2.05) is 41.9 Å². The van der Waals surface area contributed by atoms with Crippen molar-refractivity contribution in [1.29, 1.82) is 0 Å². The molecule has 1 amide bonds. The minimum Gasteiger partial charge on any atom is -0.361 e. The molecule has 0 aliphatic carbocycles. The molecule has 2 N–H and O–H groups in total. The Morgan fingerprint density at radius 1 is 1.12 bits per heavy atom. The van der Waals surface area contributed by atoms with E-state index in [1.165, 1.54) is 22.2 Å². The van der Waals surface area contributed by atoms with Crippen LogP contribution in [0.4, 0.5) is 0 Å². The number of thiophene rings is 1. The van der Waals surface area contributed by atoms with Gasteiger partial charge in [0.15, 0.2) is 0 Å². The first-order valence-electron chi connectivity index (χ1n) is 10.2. The predicted octanol–water partition coefficient (Wildman–Crippen LogP) is 5.19. The molecule has 2 aromatic carbocycles. The number of aromatic amines is 1. The molecule has 0 aliphatic heterocycles. The number of amides is 1. The summed E-state index contributed by atoms with van der Waals surface area (Å²) in [6.07, 6.45) is 3.35. The third-order valence-electron chi connectivity index (χ3n) is 5.60. The number of hydrogen-bond donors (Lipinski definition) is 2. The first kappa shape index (κ1) is 21.7. The van der Waals surface area contributed by atoms with Crippen LogP contribution in [0.5, 0.6) is 0 Å². The molecule has 0 saturated carbocycles. The number of carbonyl (C=O) groups is 1. The van der Waals surface area contributed by atoms with E-state index in [0.29, 0.717) is 26.8 Å². The molecule has 1 atom stereocenters. The molecule has 5 rings (SSSR count). The van der Waals surface area contributed by atoms with Crippen molar-refractivity contribution >= 4 is 61.6 Å². The number of aromatic nitrogens is 3. The molecule has 0 radical (unpaired) electrons. The van der Waals surface area contributed by atoms with E-state index in [9.17, 15) is 9.59 Å². The highest BCUT2D eigenvalue weighted by molar-refractivity contribution is 7.16. The summed E-state index contributed by atoms with van der Waals surface area (Å²) in [6, 6.07) is 15.0. The van der Waals surface area contributed by atoms with Crippen molar-refractivity contribution in [1.82, 2.24) is 19.9 Å². The zero-order valence-corrected chi connectivity index (χ0v) is 19.5. The van der Waals surface area contributed by atoms with Crippen LogP contribution in [-0.2, 0) is 11.3 Å². The van der Waals surface area contributed by atoms with Crippen molar-refractivity contribution in [2.75, 3.05) is 6.54 Å². The molecular formula is C24H18Cl2N4O2S. The van der Waals surface area contributed by atoms with E-state index in [0.717, 1.165) is 22.0 Å². The Morgan fingerprint density at radius 3 is 2.82 bits per heavy atom. The molecule has 33 heavy (non-hydrogen) atoms. The van der Waals surface area contributed by atoms with Crippen molar-refractivity contribution in [3.63, 3.8) is 0 Å². The Labute approximate surface area is 202 Å². The summed E-state index contributed by atoms with van der Waals surface area (Å²) >= 11 is 14.0. The fraction of sp³-hybridized carbons (Fsp3) is 0.125. The van der Waals surface area contributed by atoms with Gasteiger partial charge in [-0.1, -0.05) is 47.5 Å². The summed E-state index contributed by atoms with van der Waals surface area (Å²) in [5.74, 6) is -0.507. The van der Waals surface area contributed by atoms with Crippen LogP contribution < -0.4 is 10.9 Å². The van der Waals surface area contributed by atoms with Crippen LogP contribution in [0.25, 0.3) is 21.1 Å².